The fourth-order valence-corrected chi connectivity index (χ4v) is 3.62. The third-order valence-corrected chi connectivity index (χ3v) is 4.90. The normalized spacial score (nSPS) is 22.7. The van der Waals surface area contributed by atoms with Gasteiger partial charge in [-0.05, 0) is 50.9 Å². The Morgan fingerprint density at radius 3 is 2.79 bits per heavy atom. The Morgan fingerprint density at radius 2 is 2.08 bits per heavy atom. The van der Waals surface area contributed by atoms with Crippen molar-refractivity contribution in [2.75, 3.05) is 32.8 Å². The van der Waals surface area contributed by atoms with E-state index in [1.165, 1.54) is 5.56 Å². The van der Waals surface area contributed by atoms with Crippen molar-refractivity contribution in [3.8, 4) is 0 Å². The lowest BCUT2D eigenvalue weighted by atomic mass is 10.0. The van der Waals surface area contributed by atoms with Gasteiger partial charge in [0.15, 0.2) is 0 Å². The molecular formula is C18H28N4O2. The lowest BCUT2D eigenvalue weighted by Gasteiger charge is -2.33. The van der Waals surface area contributed by atoms with E-state index in [9.17, 15) is 4.79 Å². The molecule has 1 aromatic rings. The Balaban J connectivity index is 1.38. The Hall–Kier alpha value is -1.66. The molecule has 1 atom stereocenters. The SMILES string of the molecule is CCOC(=O)N1CC[C@H](NC2CCN(Cc3cccnc3)CC2)C1. The zero-order chi connectivity index (χ0) is 16.8. The Labute approximate surface area is 144 Å². The molecule has 0 spiro atoms. The second kappa shape index (κ2) is 8.44. The number of amides is 1. The van der Waals surface area contributed by atoms with Crippen molar-refractivity contribution >= 4 is 6.09 Å². The van der Waals surface area contributed by atoms with E-state index in [-0.39, 0.29) is 6.09 Å². The minimum absolute atomic E-state index is 0.173. The molecule has 3 heterocycles. The molecule has 0 saturated carbocycles. The van der Waals surface area contributed by atoms with Gasteiger partial charge in [0.05, 0.1) is 6.61 Å². The smallest absolute Gasteiger partial charge is 0.409 e. The minimum atomic E-state index is -0.173. The predicted molar refractivity (Wildman–Crippen MR) is 92.7 cm³/mol. The van der Waals surface area contributed by atoms with Gasteiger partial charge in [-0.1, -0.05) is 6.07 Å². The van der Waals surface area contributed by atoms with Crippen LogP contribution in [0.5, 0.6) is 0 Å². The third kappa shape index (κ3) is 4.68. The molecule has 0 bridgehead atoms. The molecule has 1 aromatic heterocycles. The molecule has 1 N–H and O–H groups in total. The minimum Gasteiger partial charge on any atom is -0.450 e. The quantitative estimate of drug-likeness (QED) is 0.892. The topological polar surface area (TPSA) is 57.7 Å². The molecule has 2 aliphatic rings. The Bertz CT molecular complexity index is 517. The van der Waals surface area contributed by atoms with Gasteiger partial charge in [0.25, 0.3) is 0 Å². The van der Waals surface area contributed by atoms with E-state index in [1.807, 2.05) is 30.3 Å². The Kier molecular flexibility index (Phi) is 6.04. The van der Waals surface area contributed by atoms with Crippen LogP contribution in [-0.4, -0.2) is 65.7 Å². The second-order valence-corrected chi connectivity index (χ2v) is 6.71. The average Bonchev–Trinajstić information content (AvgIpc) is 3.06. The molecular weight excluding hydrogens is 304 g/mol. The van der Waals surface area contributed by atoms with E-state index in [0.29, 0.717) is 18.7 Å². The van der Waals surface area contributed by atoms with Crippen LogP contribution in [0.15, 0.2) is 24.5 Å². The lowest BCUT2D eigenvalue weighted by Crippen LogP contribution is -2.47. The van der Waals surface area contributed by atoms with E-state index in [4.69, 9.17) is 4.74 Å². The first-order chi connectivity index (χ1) is 11.7. The number of aromatic nitrogens is 1. The molecule has 1 amide bonds. The van der Waals surface area contributed by atoms with Crippen LogP contribution >= 0.6 is 0 Å². The molecule has 0 unspecified atom stereocenters. The van der Waals surface area contributed by atoms with Gasteiger partial charge >= 0.3 is 6.09 Å². The highest BCUT2D eigenvalue weighted by Gasteiger charge is 2.29. The molecule has 0 aromatic carbocycles. The summed E-state index contributed by atoms with van der Waals surface area (Å²) in [6.07, 6.45) is 6.95. The monoisotopic (exact) mass is 332 g/mol. The number of hydrogen-bond donors (Lipinski definition) is 1. The highest BCUT2D eigenvalue weighted by atomic mass is 16.6. The van der Waals surface area contributed by atoms with E-state index in [1.54, 1.807) is 0 Å². The number of pyridine rings is 1. The summed E-state index contributed by atoms with van der Waals surface area (Å²) in [5, 5.41) is 3.74. The molecule has 132 valence electrons. The van der Waals surface area contributed by atoms with E-state index in [0.717, 1.165) is 52.0 Å². The maximum Gasteiger partial charge on any atom is 0.409 e. The number of piperidine rings is 1. The van der Waals surface area contributed by atoms with Crippen molar-refractivity contribution in [3.05, 3.63) is 30.1 Å². The maximum atomic E-state index is 11.8. The maximum absolute atomic E-state index is 11.8. The van der Waals surface area contributed by atoms with E-state index < -0.39 is 0 Å². The number of hydrogen-bond acceptors (Lipinski definition) is 5. The second-order valence-electron chi connectivity index (χ2n) is 6.71. The molecule has 3 rings (SSSR count). The van der Waals surface area contributed by atoms with Crippen LogP contribution < -0.4 is 5.32 Å². The van der Waals surface area contributed by atoms with Crippen molar-refractivity contribution in [1.82, 2.24) is 20.1 Å². The fraction of sp³-hybridized carbons (Fsp3) is 0.667. The Morgan fingerprint density at radius 1 is 1.29 bits per heavy atom. The van der Waals surface area contributed by atoms with E-state index in [2.05, 4.69) is 21.3 Å². The van der Waals surface area contributed by atoms with Gasteiger partial charge in [0.2, 0.25) is 0 Å². The van der Waals surface area contributed by atoms with Crippen LogP contribution in [0.1, 0.15) is 31.7 Å². The van der Waals surface area contributed by atoms with Crippen molar-refractivity contribution < 1.29 is 9.53 Å². The number of likely N-dealkylation sites (tertiary alicyclic amines) is 2. The summed E-state index contributed by atoms with van der Waals surface area (Å²) in [6, 6.07) is 5.10. The highest BCUT2D eigenvalue weighted by Crippen LogP contribution is 2.17. The summed E-state index contributed by atoms with van der Waals surface area (Å²) in [7, 11) is 0. The summed E-state index contributed by atoms with van der Waals surface area (Å²) in [5.41, 5.74) is 1.28. The van der Waals surface area contributed by atoms with Crippen LogP contribution in [-0.2, 0) is 11.3 Å². The van der Waals surface area contributed by atoms with Crippen molar-refractivity contribution in [2.45, 2.75) is 44.8 Å². The molecule has 0 aliphatic carbocycles. The first-order valence-corrected chi connectivity index (χ1v) is 9.03. The third-order valence-electron chi connectivity index (χ3n) is 4.90. The lowest BCUT2D eigenvalue weighted by molar-refractivity contribution is 0.114. The average molecular weight is 332 g/mol. The highest BCUT2D eigenvalue weighted by molar-refractivity contribution is 5.68. The van der Waals surface area contributed by atoms with Gasteiger partial charge in [0.1, 0.15) is 0 Å². The molecule has 0 radical (unpaired) electrons. The van der Waals surface area contributed by atoms with Crippen LogP contribution in [0, 0.1) is 0 Å². The zero-order valence-electron chi connectivity index (χ0n) is 14.5. The van der Waals surface area contributed by atoms with E-state index >= 15 is 0 Å². The van der Waals surface area contributed by atoms with Crippen LogP contribution in [0.4, 0.5) is 4.79 Å². The van der Waals surface area contributed by atoms with Crippen LogP contribution in [0.3, 0.4) is 0 Å². The molecule has 6 heteroatoms. The summed E-state index contributed by atoms with van der Waals surface area (Å²) < 4.78 is 5.08. The van der Waals surface area contributed by atoms with Gasteiger partial charge < -0.3 is 15.0 Å². The first kappa shape index (κ1) is 17.2. The van der Waals surface area contributed by atoms with Gasteiger partial charge in [0, 0.05) is 44.1 Å². The van der Waals surface area contributed by atoms with Crippen molar-refractivity contribution in [2.24, 2.45) is 0 Å². The van der Waals surface area contributed by atoms with Gasteiger partial charge in [-0.3, -0.25) is 9.88 Å². The molecule has 2 aliphatic heterocycles. The number of ether oxygens (including phenoxy) is 1. The number of nitrogens with zero attached hydrogens (tertiary/aromatic N) is 3. The molecule has 6 nitrogen and oxygen atoms in total. The van der Waals surface area contributed by atoms with Crippen LogP contribution in [0.25, 0.3) is 0 Å². The number of nitrogens with one attached hydrogen (secondary N) is 1. The summed E-state index contributed by atoms with van der Waals surface area (Å²) >= 11 is 0. The molecule has 2 fully saturated rings. The fourth-order valence-electron chi connectivity index (χ4n) is 3.62. The number of carbonyl (C=O) groups excluding carboxylic acids is 1. The van der Waals surface area contributed by atoms with Crippen molar-refractivity contribution in [3.63, 3.8) is 0 Å². The zero-order valence-corrected chi connectivity index (χ0v) is 14.5. The van der Waals surface area contributed by atoms with Gasteiger partial charge in [-0.15, -0.1) is 0 Å². The largest absolute Gasteiger partial charge is 0.450 e. The number of rotatable bonds is 5. The molecule has 2 saturated heterocycles. The van der Waals surface area contributed by atoms with Gasteiger partial charge in [-0.25, -0.2) is 4.79 Å². The predicted octanol–water partition coefficient (Wildman–Crippen LogP) is 1.87. The first-order valence-electron chi connectivity index (χ1n) is 9.03. The van der Waals surface area contributed by atoms with Gasteiger partial charge in [-0.2, -0.15) is 0 Å². The van der Waals surface area contributed by atoms with Crippen LogP contribution in [0.2, 0.25) is 0 Å². The summed E-state index contributed by atoms with van der Waals surface area (Å²) in [5.74, 6) is 0. The standard InChI is InChI=1S/C18H28N4O2/c1-2-24-18(23)22-11-7-17(14-22)20-16-5-9-21(10-6-16)13-15-4-3-8-19-12-15/h3-4,8,12,16-17,20H,2,5-7,9-11,13-14H2,1H3/t17-/m0/s1. The number of carbonyl (C=O) groups is 1. The summed E-state index contributed by atoms with van der Waals surface area (Å²) in [6.45, 7) is 7.08. The molecule has 24 heavy (non-hydrogen) atoms. The summed E-state index contributed by atoms with van der Waals surface area (Å²) in [4.78, 5) is 20.3. The van der Waals surface area contributed by atoms with Crippen molar-refractivity contribution in [1.29, 1.82) is 0 Å².